The number of hydrogen-bond acceptors (Lipinski definition) is 4. The Morgan fingerprint density at radius 2 is 1.96 bits per heavy atom. The van der Waals surface area contributed by atoms with Crippen LogP contribution in [0, 0.1) is 5.92 Å². The lowest BCUT2D eigenvalue weighted by molar-refractivity contribution is -0.137. The highest BCUT2D eigenvalue weighted by molar-refractivity contribution is 5.85. The summed E-state index contributed by atoms with van der Waals surface area (Å²) in [5.41, 5.74) is -0.735. The summed E-state index contributed by atoms with van der Waals surface area (Å²) in [4.78, 5) is 20.4. The van der Waals surface area contributed by atoms with Gasteiger partial charge in [0.1, 0.15) is 5.82 Å². The van der Waals surface area contributed by atoms with Gasteiger partial charge in [-0.15, -0.1) is 12.4 Å². The number of likely N-dealkylation sites (N-methyl/N-ethyl adjacent to an activating group) is 1. The van der Waals surface area contributed by atoms with Gasteiger partial charge in [0, 0.05) is 38.4 Å². The third-order valence-electron chi connectivity index (χ3n) is 5.30. The lowest BCUT2D eigenvalue weighted by Gasteiger charge is -2.39. The number of halogens is 4. The quantitative estimate of drug-likeness (QED) is 0.838. The number of amides is 1. The lowest BCUT2D eigenvalue weighted by atomic mass is 9.94. The molecular formula is C18H26ClF3N4O. The number of likely N-dealkylation sites (tertiary alicyclic amines) is 1. The molecule has 0 saturated carbocycles. The molecule has 0 aliphatic carbocycles. The van der Waals surface area contributed by atoms with Crippen molar-refractivity contribution in [2.45, 2.75) is 37.9 Å². The van der Waals surface area contributed by atoms with Crippen molar-refractivity contribution >= 4 is 24.1 Å². The second-order valence-corrected chi connectivity index (χ2v) is 7.07. The third-order valence-corrected chi connectivity index (χ3v) is 5.30. The Kier molecular flexibility index (Phi) is 7.33. The molecule has 1 aromatic rings. The van der Waals surface area contributed by atoms with Gasteiger partial charge in [0.05, 0.1) is 11.5 Å². The summed E-state index contributed by atoms with van der Waals surface area (Å²) in [7, 11) is 1.89. The average molecular weight is 407 g/mol. The van der Waals surface area contributed by atoms with Crippen molar-refractivity contribution in [3.8, 4) is 0 Å². The van der Waals surface area contributed by atoms with E-state index in [1.807, 2.05) is 11.9 Å². The maximum Gasteiger partial charge on any atom is 0.419 e. The number of carbonyl (C=O) groups excluding carboxylic acids is 1. The number of carbonyl (C=O) groups is 1. The summed E-state index contributed by atoms with van der Waals surface area (Å²) in [5.74, 6) is -0.286. The van der Waals surface area contributed by atoms with E-state index >= 15 is 0 Å². The molecule has 3 heterocycles. The first-order valence-corrected chi connectivity index (χ1v) is 9.13. The van der Waals surface area contributed by atoms with Gasteiger partial charge in [0.15, 0.2) is 0 Å². The molecular weight excluding hydrogens is 381 g/mol. The molecule has 9 heteroatoms. The Bertz CT molecular complexity index is 643. The van der Waals surface area contributed by atoms with E-state index in [1.54, 1.807) is 4.90 Å². The molecule has 0 spiro atoms. The first-order chi connectivity index (χ1) is 12.4. The first kappa shape index (κ1) is 21.8. The molecule has 0 aromatic carbocycles. The van der Waals surface area contributed by atoms with Crippen molar-refractivity contribution in [1.29, 1.82) is 0 Å². The maximum atomic E-state index is 13.3. The zero-order chi connectivity index (χ0) is 18.7. The summed E-state index contributed by atoms with van der Waals surface area (Å²) >= 11 is 0. The largest absolute Gasteiger partial charge is 0.419 e. The van der Waals surface area contributed by atoms with Gasteiger partial charge < -0.3 is 15.1 Å². The topological polar surface area (TPSA) is 48.5 Å². The molecule has 2 unspecified atom stereocenters. The number of nitrogens with zero attached hydrogens (tertiary/aromatic N) is 3. The van der Waals surface area contributed by atoms with Crippen LogP contribution in [0.4, 0.5) is 19.0 Å². The molecule has 5 nitrogen and oxygen atoms in total. The average Bonchev–Trinajstić information content (AvgIpc) is 2.67. The van der Waals surface area contributed by atoms with Gasteiger partial charge in [-0.1, -0.05) is 0 Å². The van der Waals surface area contributed by atoms with Crippen LogP contribution in [0.25, 0.3) is 0 Å². The van der Waals surface area contributed by atoms with Crippen LogP contribution in [-0.4, -0.2) is 55.1 Å². The van der Waals surface area contributed by atoms with Crippen molar-refractivity contribution in [2.24, 2.45) is 5.92 Å². The molecule has 1 N–H and O–H groups in total. The van der Waals surface area contributed by atoms with Crippen LogP contribution < -0.4 is 10.2 Å². The maximum absolute atomic E-state index is 13.3. The molecule has 3 rings (SSSR count). The van der Waals surface area contributed by atoms with Crippen LogP contribution in [-0.2, 0) is 11.0 Å². The summed E-state index contributed by atoms with van der Waals surface area (Å²) in [6.45, 7) is 2.18. The number of piperidine rings is 2. The Labute approximate surface area is 163 Å². The van der Waals surface area contributed by atoms with Crippen LogP contribution in [0.5, 0.6) is 0 Å². The number of anilines is 1. The molecule has 2 saturated heterocycles. The number of alkyl halides is 3. The minimum atomic E-state index is -4.45. The SMILES string of the molecule is CNC1CCCN(C(=O)C2CCCN(c3ncccc3C(F)(F)F)C2)C1.Cl. The molecule has 1 amide bonds. The molecule has 2 aliphatic rings. The van der Waals surface area contributed by atoms with Crippen LogP contribution in [0.3, 0.4) is 0 Å². The smallest absolute Gasteiger partial charge is 0.355 e. The summed E-state index contributed by atoms with van der Waals surface area (Å²) in [6.07, 6.45) is 0.315. The first-order valence-electron chi connectivity index (χ1n) is 9.13. The van der Waals surface area contributed by atoms with Crippen LogP contribution >= 0.6 is 12.4 Å². The van der Waals surface area contributed by atoms with Gasteiger partial charge in [0.2, 0.25) is 5.91 Å². The van der Waals surface area contributed by atoms with E-state index in [2.05, 4.69) is 10.3 Å². The van der Waals surface area contributed by atoms with Crippen molar-refractivity contribution in [3.63, 3.8) is 0 Å². The van der Waals surface area contributed by atoms with E-state index < -0.39 is 11.7 Å². The highest BCUT2D eigenvalue weighted by atomic mass is 35.5. The Balaban J connectivity index is 0.00000261. The second-order valence-electron chi connectivity index (χ2n) is 7.07. The molecule has 27 heavy (non-hydrogen) atoms. The van der Waals surface area contributed by atoms with Crippen molar-refractivity contribution in [1.82, 2.24) is 15.2 Å². The van der Waals surface area contributed by atoms with Gasteiger partial charge in [-0.3, -0.25) is 4.79 Å². The van der Waals surface area contributed by atoms with Crippen molar-refractivity contribution in [2.75, 3.05) is 38.1 Å². The molecule has 1 aromatic heterocycles. The minimum Gasteiger partial charge on any atom is -0.355 e. The number of aromatic nitrogens is 1. The molecule has 2 atom stereocenters. The highest BCUT2D eigenvalue weighted by Gasteiger charge is 2.38. The number of pyridine rings is 1. The number of hydrogen-bond donors (Lipinski definition) is 1. The minimum absolute atomic E-state index is 0. The van der Waals surface area contributed by atoms with E-state index in [-0.39, 0.29) is 30.0 Å². The fourth-order valence-corrected chi connectivity index (χ4v) is 3.91. The van der Waals surface area contributed by atoms with E-state index in [0.29, 0.717) is 38.5 Å². The molecule has 0 radical (unpaired) electrons. The monoisotopic (exact) mass is 406 g/mol. The molecule has 0 bridgehead atoms. The third kappa shape index (κ3) is 5.04. The highest BCUT2D eigenvalue weighted by Crippen LogP contribution is 2.36. The number of rotatable bonds is 3. The predicted octanol–water partition coefficient (Wildman–Crippen LogP) is 2.95. The van der Waals surface area contributed by atoms with Gasteiger partial charge in [0.25, 0.3) is 0 Å². The summed E-state index contributed by atoms with van der Waals surface area (Å²) < 4.78 is 39.8. The lowest BCUT2D eigenvalue weighted by Crippen LogP contribution is -2.51. The van der Waals surface area contributed by atoms with Crippen molar-refractivity contribution < 1.29 is 18.0 Å². The zero-order valence-corrected chi connectivity index (χ0v) is 16.2. The fraction of sp³-hybridized carbons (Fsp3) is 0.667. The van der Waals surface area contributed by atoms with Crippen LogP contribution in [0.2, 0.25) is 0 Å². The van der Waals surface area contributed by atoms with E-state index in [4.69, 9.17) is 0 Å². The standard InChI is InChI=1S/C18H25F3N4O.ClH/c1-22-14-6-4-10-25(12-14)17(26)13-5-3-9-24(11-13)16-15(18(19,20)21)7-2-8-23-16;/h2,7-8,13-14,22H,3-6,9-12H2,1H3;1H. The summed E-state index contributed by atoms with van der Waals surface area (Å²) in [6, 6.07) is 2.64. The normalized spacial score (nSPS) is 23.7. The Morgan fingerprint density at radius 1 is 1.22 bits per heavy atom. The fourth-order valence-electron chi connectivity index (χ4n) is 3.91. The summed E-state index contributed by atoms with van der Waals surface area (Å²) in [5, 5.41) is 3.21. The van der Waals surface area contributed by atoms with Crippen molar-refractivity contribution in [3.05, 3.63) is 23.9 Å². The van der Waals surface area contributed by atoms with Gasteiger partial charge in [-0.05, 0) is 44.9 Å². The van der Waals surface area contributed by atoms with Crippen LogP contribution in [0.1, 0.15) is 31.2 Å². The van der Waals surface area contributed by atoms with Gasteiger partial charge >= 0.3 is 6.18 Å². The Morgan fingerprint density at radius 3 is 2.67 bits per heavy atom. The van der Waals surface area contributed by atoms with E-state index in [1.165, 1.54) is 12.3 Å². The molecule has 2 fully saturated rings. The molecule has 152 valence electrons. The Hall–Kier alpha value is -1.54. The zero-order valence-electron chi connectivity index (χ0n) is 15.3. The van der Waals surface area contributed by atoms with E-state index in [0.717, 1.165) is 25.5 Å². The second kappa shape index (κ2) is 9.10. The number of nitrogens with one attached hydrogen (secondary N) is 1. The van der Waals surface area contributed by atoms with Crippen LogP contribution in [0.15, 0.2) is 18.3 Å². The predicted molar refractivity (Wildman–Crippen MR) is 100 cm³/mol. The van der Waals surface area contributed by atoms with E-state index in [9.17, 15) is 18.0 Å². The molecule has 2 aliphatic heterocycles. The van der Waals surface area contributed by atoms with Gasteiger partial charge in [-0.2, -0.15) is 13.2 Å². The van der Waals surface area contributed by atoms with Gasteiger partial charge in [-0.25, -0.2) is 4.98 Å².